The predicted octanol–water partition coefficient (Wildman–Crippen LogP) is -0.295. The summed E-state index contributed by atoms with van der Waals surface area (Å²) in [5, 5.41) is 8.44. The van der Waals surface area contributed by atoms with E-state index in [0.717, 1.165) is 0 Å². The number of H-pyrrole nitrogens is 1. The highest BCUT2D eigenvalue weighted by molar-refractivity contribution is 5.69. The lowest BCUT2D eigenvalue weighted by molar-refractivity contribution is -0.136. The Hall–Kier alpha value is -1.65. The van der Waals surface area contributed by atoms with Crippen molar-refractivity contribution in [2.24, 2.45) is 0 Å². The summed E-state index contributed by atoms with van der Waals surface area (Å²) in [4.78, 5) is 26.8. The van der Waals surface area contributed by atoms with Gasteiger partial charge >= 0.3 is 11.7 Å². The van der Waals surface area contributed by atoms with E-state index in [2.05, 4.69) is 9.97 Å². The van der Waals surface area contributed by atoms with Gasteiger partial charge in [-0.2, -0.15) is 0 Å². The highest BCUT2D eigenvalue weighted by Gasteiger charge is 2.04. The lowest BCUT2D eigenvalue weighted by Gasteiger charge is -1.99. The summed E-state index contributed by atoms with van der Waals surface area (Å²) in [6.07, 6.45) is 1.18. The number of carbonyl (C=O) groups is 1. The molecule has 0 fully saturated rings. The Bertz CT molecular complexity index is 356. The number of aromatic nitrogens is 2. The van der Waals surface area contributed by atoms with Crippen LogP contribution in [0.15, 0.2) is 11.0 Å². The number of rotatable bonds is 2. The summed E-state index contributed by atoms with van der Waals surface area (Å²) in [7, 11) is 0. The fourth-order valence-corrected chi connectivity index (χ4v) is 0.828. The van der Waals surface area contributed by atoms with Crippen molar-refractivity contribution in [2.75, 3.05) is 0 Å². The molecule has 0 unspecified atom stereocenters. The molecule has 0 aromatic carbocycles. The molecule has 0 amide bonds. The molecule has 1 aromatic heterocycles. The van der Waals surface area contributed by atoms with Gasteiger partial charge in [-0.3, -0.25) is 4.79 Å². The second-order valence-corrected chi connectivity index (χ2v) is 2.42. The molecular weight excluding hydrogens is 160 g/mol. The molecule has 1 rings (SSSR count). The fraction of sp³-hybridized carbons (Fsp3) is 0.286. The molecule has 0 saturated heterocycles. The van der Waals surface area contributed by atoms with Gasteiger partial charge in [0.2, 0.25) is 0 Å². The first-order chi connectivity index (χ1) is 5.59. The molecule has 5 heteroatoms. The van der Waals surface area contributed by atoms with Crippen molar-refractivity contribution in [3.8, 4) is 0 Å². The molecule has 0 aliphatic heterocycles. The largest absolute Gasteiger partial charge is 0.481 e. The number of aliphatic carboxylic acids is 1. The van der Waals surface area contributed by atoms with E-state index >= 15 is 0 Å². The van der Waals surface area contributed by atoms with Crippen LogP contribution in [0.25, 0.3) is 0 Å². The third-order valence-corrected chi connectivity index (χ3v) is 1.44. The minimum absolute atomic E-state index is 0.177. The van der Waals surface area contributed by atoms with Crippen molar-refractivity contribution in [3.05, 3.63) is 27.9 Å². The highest BCUT2D eigenvalue weighted by Crippen LogP contribution is 1.99. The molecule has 0 bridgehead atoms. The predicted molar refractivity (Wildman–Crippen MR) is 40.9 cm³/mol. The monoisotopic (exact) mass is 168 g/mol. The number of nitrogens with one attached hydrogen (secondary N) is 1. The van der Waals surface area contributed by atoms with Crippen molar-refractivity contribution >= 4 is 5.97 Å². The summed E-state index contributed by atoms with van der Waals surface area (Å²) < 4.78 is 0. The normalized spacial score (nSPS) is 9.75. The van der Waals surface area contributed by atoms with Crippen molar-refractivity contribution in [1.82, 2.24) is 9.97 Å². The number of hydrogen-bond donors (Lipinski definition) is 2. The Morgan fingerprint density at radius 1 is 1.75 bits per heavy atom. The average molecular weight is 168 g/mol. The number of aromatic amines is 1. The number of nitrogens with zero attached hydrogens (tertiary/aromatic N) is 1. The van der Waals surface area contributed by atoms with Gasteiger partial charge in [0, 0.05) is 11.9 Å². The van der Waals surface area contributed by atoms with Gasteiger partial charge in [-0.1, -0.05) is 0 Å². The molecule has 64 valence electrons. The van der Waals surface area contributed by atoms with Gasteiger partial charge < -0.3 is 10.1 Å². The average Bonchev–Trinajstić information content (AvgIpc) is 1.96. The van der Waals surface area contributed by atoms with Crippen molar-refractivity contribution in [2.45, 2.75) is 13.3 Å². The highest BCUT2D eigenvalue weighted by atomic mass is 16.4. The van der Waals surface area contributed by atoms with Gasteiger partial charge in [-0.05, 0) is 12.5 Å². The molecular formula is C7H8N2O3. The summed E-state index contributed by atoms with van der Waals surface area (Å²) in [6.45, 7) is 1.70. The van der Waals surface area contributed by atoms with Crippen LogP contribution in [0.5, 0.6) is 0 Å². The Kier molecular flexibility index (Phi) is 2.23. The third-order valence-electron chi connectivity index (χ3n) is 1.44. The van der Waals surface area contributed by atoms with E-state index in [0.29, 0.717) is 11.3 Å². The number of hydrogen-bond acceptors (Lipinski definition) is 3. The molecule has 12 heavy (non-hydrogen) atoms. The molecule has 0 aliphatic carbocycles. The zero-order valence-corrected chi connectivity index (χ0v) is 6.50. The fourth-order valence-electron chi connectivity index (χ4n) is 0.828. The maximum absolute atomic E-state index is 10.7. The van der Waals surface area contributed by atoms with Crippen LogP contribution < -0.4 is 5.69 Å². The minimum Gasteiger partial charge on any atom is -0.481 e. The van der Waals surface area contributed by atoms with E-state index in [4.69, 9.17) is 5.11 Å². The van der Waals surface area contributed by atoms with Gasteiger partial charge in [0.15, 0.2) is 0 Å². The summed E-state index contributed by atoms with van der Waals surface area (Å²) >= 11 is 0. The van der Waals surface area contributed by atoms with E-state index in [9.17, 15) is 9.59 Å². The standard InChI is InChI=1S/C7H8N2O3/c1-4-3-8-7(12)9-5(4)2-6(10)11/h3H,2H2,1H3,(H,10,11)(H,8,9,12). The molecule has 5 nitrogen and oxygen atoms in total. The first-order valence-corrected chi connectivity index (χ1v) is 3.36. The zero-order chi connectivity index (χ0) is 9.14. The van der Waals surface area contributed by atoms with E-state index in [1.165, 1.54) is 6.20 Å². The van der Waals surface area contributed by atoms with E-state index in [1.807, 2.05) is 0 Å². The van der Waals surface area contributed by atoms with Gasteiger partial charge in [0.1, 0.15) is 0 Å². The summed E-state index contributed by atoms with van der Waals surface area (Å²) in [6, 6.07) is 0. The summed E-state index contributed by atoms with van der Waals surface area (Å²) in [5.41, 5.74) is 0.566. The quantitative estimate of drug-likeness (QED) is 0.635. The van der Waals surface area contributed by atoms with Crippen LogP contribution in [-0.2, 0) is 11.2 Å². The Balaban J connectivity index is 3.05. The zero-order valence-electron chi connectivity index (χ0n) is 6.50. The lowest BCUT2D eigenvalue weighted by Crippen LogP contribution is -2.15. The molecule has 0 radical (unpaired) electrons. The van der Waals surface area contributed by atoms with Gasteiger partial charge in [-0.25, -0.2) is 9.78 Å². The molecule has 1 heterocycles. The van der Waals surface area contributed by atoms with E-state index in [1.54, 1.807) is 6.92 Å². The van der Waals surface area contributed by atoms with Crippen molar-refractivity contribution < 1.29 is 9.90 Å². The first kappa shape index (κ1) is 8.45. The van der Waals surface area contributed by atoms with Crippen LogP contribution in [-0.4, -0.2) is 21.0 Å². The van der Waals surface area contributed by atoms with Crippen molar-refractivity contribution in [3.63, 3.8) is 0 Å². The Morgan fingerprint density at radius 3 is 3.00 bits per heavy atom. The minimum atomic E-state index is -0.972. The van der Waals surface area contributed by atoms with Crippen LogP contribution in [0.3, 0.4) is 0 Å². The second-order valence-electron chi connectivity index (χ2n) is 2.42. The Labute approximate surface area is 68.1 Å². The number of carboxylic acids is 1. The number of aryl methyl sites for hydroxylation is 1. The SMILES string of the molecule is Cc1cnc(=O)[nH]c1CC(=O)O. The second kappa shape index (κ2) is 3.17. The smallest absolute Gasteiger partial charge is 0.345 e. The topological polar surface area (TPSA) is 83.0 Å². The van der Waals surface area contributed by atoms with Crippen LogP contribution in [0, 0.1) is 6.92 Å². The summed E-state index contributed by atoms with van der Waals surface area (Å²) in [5.74, 6) is -0.972. The molecule has 0 spiro atoms. The van der Waals surface area contributed by atoms with Crippen molar-refractivity contribution in [1.29, 1.82) is 0 Å². The molecule has 1 aromatic rings. The van der Waals surface area contributed by atoms with Gasteiger partial charge in [-0.15, -0.1) is 0 Å². The van der Waals surface area contributed by atoms with Gasteiger partial charge in [0.25, 0.3) is 0 Å². The third kappa shape index (κ3) is 1.91. The van der Waals surface area contributed by atoms with Crippen LogP contribution >= 0.6 is 0 Å². The van der Waals surface area contributed by atoms with E-state index in [-0.39, 0.29) is 6.42 Å². The van der Waals surface area contributed by atoms with Crippen LogP contribution in [0.2, 0.25) is 0 Å². The molecule has 0 atom stereocenters. The lowest BCUT2D eigenvalue weighted by atomic mass is 10.2. The maximum Gasteiger partial charge on any atom is 0.345 e. The first-order valence-electron chi connectivity index (χ1n) is 3.36. The van der Waals surface area contributed by atoms with Gasteiger partial charge in [0.05, 0.1) is 6.42 Å². The number of carboxylic acid groups (broad SMARTS) is 1. The maximum atomic E-state index is 10.7. The molecule has 2 N–H and O–H groups in total. The van der Waals surface area contributed by atoms with Crippen LogP contribution in [0.1, 0.15) is 11.3 Å². The molecule has 0 aliphatic rings. The van der Waals surface area contributed by atoms with E-state index < -0.39 is 11.7 Å². The molecule has 0 saturated carbocycles. The Morgan fingerprint density at radius 2 is 2.42 bits per heavy atom. The van der Waals surface area contributed by atoms with Crippen LogP contribution in [0.4, 0.5) is 0 Å².